The van der Waals surface area contributed by atoms with E-state index in [-0.39, 0.29) is 0 Å². The van der Waals surface area contributed by atoms with Crippen LogP contribution in [0.3, 0.4) is 0 Å². The van der Waals surface area contributed by atoms with Gasteiger partial charge < -0.3 is 10.2 Å². The molecule has 0 aromatic rings. The second kappa shape index (κ2) is 7.13. The number of carbonyl (C=O) groups excluding carboxylic acids is 1. The third-order valence-corrected chi connectivity index (χ3v) is 4.44. The second-order valence-electron chi connectivity index (χ2n) is 5.86. The Morgan fingerprint density at radius 3 is 2.83 bits per heavy atom. The number of hydrogen-bond donors (Lipinski definition) is 1. The minimum absolute atomic E-state index is 0.404. The standard InChI is InChI=1S/C15H28N2O/c1-2-6-14-8-3-4-12-17(14)15(18)10-9-13-7-5-11-16-13/h13-14,16H,2-12H2,1H3. The molecule has 3 heteroatoms. The van der Waals surface area contributed by atoms with Crippen molar-refractivity contribution >= 4 is 5.91 Å². The molecule has 3 nitrogen and oxygen atoms in total. The minimum atomic E-state index is 0.404. The summed E-state index contributed by atoms with van der Waals surface area (Å²) in [4.78, 5) is 14.5. The summed E-state index contributed by atoms with van der Waals surface area (Å²) < 4.78 is 0. The van der Waals surface area contributed by atoms with Crippen molar-refractivity contribution in [2.24, 2.45) is 0 Å². The van der Waals surface area contributed by atoms with Gasteiger partial charge in [0.15, 0.2) is 0 Å². The Kier molecular flexibility index (Phi) is 5.48. The molecule has 2 saturated heterocycles. The van der Waals surface area contributed by atoms with E-state index in [1.54, 1.807) is 0 Å². The highest BCUT2D eigenvalue weighted by Gasteiger charge is 2.26. The summed E-state index contributed by atoms with van der Waals surface area (Å²) in [6, 6.07) is 1.14. The summed E-state index contributed by atoms with van der Waals surface area (Å²) in [7, 11) is 0. The third-order valence-electron chi connectivity index (χ3n) is 4.44. The molecule has 2 aliphatic heterocycles. The van der Waals surface area contributed by atoms with Gasteiger partial charge in [-0.2, -0.15) is 0 Å². The van der Waals surface area contributed by atoms with Crippen molar-refractivity contribution < 1.29 is 4.79 Å². The largest absolute Gasteiger partial charge is 0.340 e. The number of piperidine rings is 1. The highest BCUT2D eigenvalue weighted by molar-refractivity contribution is 5.76. The van der Waals surface area contributed by atoms with Gasteiger partial charge in [-0.1, -0.05) is 13.3 Å². The van der Waals surface area contributed by atoms with Crippen LogP contribution >= 0.6 is 0 Å². The topological polar surface area (TPSA) is 32.3 Å². The van der Waals surface area contributed by atoms with Crippen LogP contribution in [0.5, 0.6) is 0 Å². The minimum Gasteiger partial charge on any atom is -0.340 e. The Labute approximate surface area is 111 Å². The van der Waals surface area contributed by atoms with Crippen LogP contribution in [-0.2, 0) is 4.79 Å². The van der Waals surface area contributed by atoms with E-state index in [1.165, 1.54) is 44.9 Å². The zero-order chi connectivity index (χ0) is 12.8. The van der Waals surface area contributed by atoms with Gasteiger partial charge in [-0.15, -0.1) is 0 Å². The first-order chi connectivity index (χ1) is 8.81. The molecule has 2 fully saturated rings. The number of nitrogens with one attached hydrogen (secondary N) is 1. The summed E-state index contributed by atoms with van der Waals surface area (Å²) in [6.07, 6.45) is 10.4. The molecule has 0 aromatic carbocycles. The first-order valence-corrected chi connectivity index (χ1v) is 7.84. The molecule has 2 rings (SSSR count). The molecule has 104 valence electrons. The number of carbonyl (C=O) groups is 1. The fourth-order valence-corrected chi connectivity index (χ4v) is 3.41. The van der Waals surface area contributed by atoms with Gasteiger partial charge in [-0.25, -0.2) is 0 Å². The van der Waals surface area contributed by atoms with Crippen molar-refractivity contribution in [3.8, 4) is 0 Å². The molecular weight excluding hydrogens is 224 g/mol. The number of rotatable bonds is 5. The summed E-state index contributed by atoms with van der Waals surface area (Å²) in [6.45, 7) is 4.36. The molecule has 2 heterocycles. The van der Waals surface area contributed by atoms with Crippen LogP contribution in [0.1, 0.15) is 64.7 Å². The van der Waals surface area contributed by atoms with Crippen molar-refractivity contribution in [3.05, 3.63) is 0 Å². The van der Waals surface area contributed by atoms with E-state index in [1.807, 2.05) is 0 Å². The van der Waals surface area contributed by atoms with Crippen LogP contribution in [0.25, 0.3) is 0 Å². The smallest absolute Gasteiger partial charge is 0.222 e. The lowest BCUT2D eigenvalue weighted by atomic mass is 9.97. The number of likely N-dealkylation sites (tertiary alicyclic amines) is 1. The Hall–Kier alpha value is -0.570. The number of nitrogens with zero attached hydrogens (tertiary/aromatic N) is 1. The van der Waals surface area contributed by atoms with Crippen molar-refractivity contribution in [1.29, 1.82) is 0 Å². The predicted octanol–water partition coefficient (Wildman–Crippen LogP) is 2.70. The highest BCUT2D eigenvalue weighted by Crippen LogP contribution is 2.22. The molecule has 2 aliphatic rings. The Balaban J connectivity index is 1.77. The fraction of sp³-hybridized carbons (Fsp3) is 0.933. The van der Waals surface area contributed by atoms with Gasteiger partial charge in [0.05, 0.1) is 0 Å². The van der Waals surface area contributed by atoms with Crippen LogP contribution in [0.4, 0.5) is 0 Å². The molecule has 1 N–H and O–H groups in total. The summed E-state index contributed by atoms with van der Waals surface area (Å²) in [5, 5.41) is 3.48. The Morgan fingerprint density at radius 2 is 2.11 bits per heavy atom. The fourth-order valence-electron chi connectivity index (χ4n) is 3.41. The molecule has 18 heavy (non-hydrogen) atoms. The van der Waals surface area contributed by atoms with E-state index < -0.39 is 0 Å². The van der Waals surface area contributed by atoms with E-state index in [9.17, 15) is 4.79 Å². The maximum atomic E-state index is 12.3. The average molecular weight is 252 g/mol. The maximum Gasteiger partial charge on any atom is 0.222 e. The zero-order valence-electron chi connectivity index (χ0n) is 11.8. The first kappa shape index (κ1) is 13.9. The maximum absolute atomic E-state index is 12.3. The Morgan fingerprint density at radius 1 is 1.22 bits per heavy atom. The average Bonchev–Trinajstić information content (AvgIpc) is 2.90. The van der Waals surface area contributed by atoms with Crippen molar-refractivity contribution in [1.82, 2.24) is 10.2 Å². The molecule has 0 aromatic heterocycles. The van der Waals surface area contributed by atoms with E-state index in [0.717, 1.165) is 25.9 Å². The van der Waals surface area contributed by atoms with Crippen LogP contribution in [0.2, 0.25) is 0 Å². The van der Waals surface area contributed by atoms with Crippen molar-refractivity contribution in [2.45, 2.75) is 76.8 Å². The van der Waals surface area contributed by atoms with E-state index in [0.29, 0.717) is 18.0 Å². The van der Waals surface area contributed by atoms with Crippen LogP contribution in [0.15, 0.2) is 0 Å². The van der Waals surface area contributed by atoms with E-state index in [2.05, 4.69) is 17.1 Å². The number of amides is 1. The lowest BCUT2D eigenvalue weighted by Gasteiger charge is -2.36. The lowest BCUT2D eigenvalue weighted by Crippen LogP contribution is -2.44. The van der Waals surface area contributed by atoms with Gasteiger partial charge in [0.25, 0.3) is 0 Å². The normalized spacial score (nSPS) is 28.6. The van der Waals surface area contributed by atoms with Crippen LogP contribution in [-0.4, -0.2) is 36.0 Å². The second-order valence-corrected chi connectivity index (χ2v) is 5.86. The molecule has 2 atom stereocenters. The van der Waals surface area contributed by atoms with Crippen LogP contribution in [0, 0.1) is 0 Å². The zero-order valence-corrected chi connectivity index (χ0v) is 11.8. The highest BCUT2D eigenvalue weighted by atomic mass is 16.2. The summed E-state index contributed by atoms with van der Waals surface area (Å²) >= 11 is 0. The molecule has 0 bridgehead atoms. The monoisotopic (exact) mass is 252 g/mol. The lowest BCUT2D eigenvalue weighted by molar-refractivity contribution is -0.135. The quantitative estimate of drug-likeness (QED) is 0.816. The van der Waals surface area contributed by atoms with Gasteiger partial charge in [-0.05, 0) is 51.5 Å². The van der Waals surface area contributed by atoms with Gasteiger partial charge in [0.2, 0.25) is 5.91 Å². The van der Waals surface area contributed by atoms with Crippen molar-refractivity contribution in [2.75, 3.05) is 13.1 Å². The summed E-state index contributed by atoms with van der Waals surface area (Å²) in [5.41, 5.74) is 0. The molecule has 0 spiro atoms. The van der Waals surface area contributed by atoms with Crippen LogP contribution < -0.4 is 5.32 Å². The number of hydrogen-bond acceptors (Lipinski definition) is 2. The Bertz CT molecular complexity index is 259. The summed E-state index contributed by atoms with van der Waals surface area (Å²) in [5.74, 6) is 0.404. The van der Waals surface area contributed by atoms with Gasteiger partial charge in [0, 0.05) is 25.0 Å². The molecule has 0 saturated carbocycles. The molecule has 0 aliphatic carbocycles. The SMILES string of the molecule is CCCC1CCCCN1C(=O)CCC1CCCN1. The van der Waals surface area contributed by atoms with E-state index >= 15 is 0 Å². The van der Waals surface area contributed by atoms with Gasteiger partial charge in [-0.3, -0.25) is 4.79 Å². The van der Waals surface area contributed by atoms with Crippen molar-refractivity contribution in [3.63, 3.8) is 0 Å². The first-order valence-electron chi connectivity index (χ1n) is 7.84. The van der Waals surface area contributed by atoms with Gasteiger partial charge >= 0.3 is 0 Å². The van der Waals surface area contributed by atoms with Gasteiger partial charge in [0.1, 0.15) is 0 Å². The molecular formula is C15H28N2O. The van der Waals surface area contributed by atoms with E-state index in [4.69, 9.17) is 0 Å². The molecule has 0 radical (unpaired) electrons. The third kappa shape index (κ3) is 3.71. The molecule has 2 unspecified atom stereocenters. The molecule has 1 amide bonds. The predicted molar refractivity (Wildman–Crippen MR) is 74.5 cm³/mol.